The molecule has 3 atom stereocenters. The van der Waals surface area contributed by atoms with Gasteiger partial charge in [-0.15, -0.1) is 6.58 Å². The second-order valence-electron chi connectivity index (χ2n) is 11.2. The SMILES string of the molecule is C=CCCCCC[C@H](N)C(=O)N1C[C@](OC)(c2ccc(-c3ccccc3)cc2)C[C@H]1C(=O)NC1(C(=O)OCC)CC1. The molecule has 1 aliphatic carbocycles. The van der Waals surface area contributed by atoms with Crippen LogP contribution in [0.2, 0.25) is 0 Å². The minimum absolute atomic E-state index is 0.182. The van der Waals surface area contributed by atoms with Gasteiger partial charge in [0.2, 0.25) is 11.8 Å². The van der Waals surface area contributed by atoms with Crippen LogP contribution in [0.4, 0.5) is 0 Å². The van der Waals surface area contributed by atoms with E-state index in [2.05, 4.69) is 11.9 Å². The summed E-state index contributed by atoms with van der Waals surface area (Å²) in [6, 6.07) is 16.5. The van der Waals surface area contributed by atoms with E-state index < -0.39 is 29.2 Å². The number of nitrogens with two attached hydrogens (primary N) is 1. The fourth-order valence-electron chi connectivity index (χ4n) is 5.67. The largest absolute Gasteiger partial charge is 0.464 e. The Kier molecular flexibility index (Phi) is 9.99. The Labute approximate surface area is 243 Å². The average Bonchev–Trinajstić information content (AvgIpc) is 3.67. The number of ether oxygens (including phenoxy) is 2. The molecular formula is C33H43N3O5. The van der Waals surface area contributed by atoms with Gasteiger partial charge in [0.1, 0.15) is 17.2 Å². The average molecular weight is 562 g/mol. The summed E-state index contributed by atoms with van der Waals surface area (Å²) in [5.74, 6) is -1.11. The summed E-state index contributed by atoms with van der Waals surface area (Å²) in [7, 11) is 1.61. The van der Waals surface area contributed by atoms with Gasteiger partial charge in [-0.05, 0) is 55.7 Å². The van der Waals surface area contributed by atoms with Gasteiger partial charge in [-0.2, -0.15) is 0 Å². The van der Waals surface area contributed by atoms with Crippen LogP contribution in [0.25, 0.3) is 11.1 Å². The van der Waals surface area contributed by atoms with Gasteiger partial charge in [0, 0.05) is 13.5 Å². The third kappa shape index (κ3) is 6.88. The number of allylic oxidation sites excluding steroid dienone is 1. The number of hydrogen-bond acceptors (Lipinski definition) is 6. The molecule has 0 radical (unpaired) electrons. The van der Waals surface area contributed by atoms with Crippen molar-refractivity contribution in [2.75, 3.05) is 20.3 Å². The lowest BCUT2D eigenvalue weighted by atomic mass is 9.89. The van der Waals surface area contributed by atoms with Gasteiger partial charge in [-0.1, -0.05) is 73.5 Å². The number of esters is 1. The monoisotopic (exact) mass is 561 g/mol. The molecule has 2 amide bonds. The molecule has 3 N–H and O–H groups in total. The first-order chi connectivity index (χ1) is 19.8. The van der Waals surface area contributed by atoms with E-state index in [9.17, 15) is 14.4 Å². The molecule has 2 fully saturated rings. The molecular weight excluding hydrogens is 518 g/mol. The highest BCUT2D eigenvalue weighted by atomic mass is 16.5. The van der Waals surface area contributed by atoms with Gasteiger partial charge in [-0.25, -0.2) is 4.79 Å². The Bertz CT molecular complexity index is 1210. The van der Waals surface area contributed by atoms with Crippen LogP contribution >= 0.6 is 0 Å². The van der Waals surface area contributed by atoms with Crippen molar-refractivity contribution in [1.82, 2.24) is 10.2 Å². The van der Waals surface area contributed by atoms with Crippen molar-refractivity contribution in [1.29, 1.82) is 0 Å². The topological polar surface area (TPSA) is 111 Å². The van der Waals surface area contributed by atoms with Crippen LogP contribution in [0.1, 0.15) is 63.9 Å². The van der Waals surface area contributed by atoms with Crippen LogP contribution in [0.15, 0.2) is 67.3 Å². The fraction of sp³-hybridized carbons (Fsp3) is 0.485. The van der Waals surface area contributed by atoms with Crippen molar-refractivity contribution in [2.45, 2.75) is 81.5 Å². The maximum atomic E-state index is 13.7. The Morgan fingerprint density at radius 1 is 1.07 bits per heavy atom. The number of amides is 2. The Morgan fingerprint density at radius 2 is 1.76 bits per heavy atom. The van der Waals surface area contributed by atoms with Crippen molar-refractivity contribution in [3.05, 3.63) is 72.8 Å². The molecule has 8 nitrogen and oxygen atoms in total. The van der Waals surface area contributed by atoms with Crippen molar-refractivity contribution >= 4 is 17.8 Å². The Hall–Kier alpha value is -3.49. The fourth-order valence-corrected chi connectivity index (χ4v) is 5.67. The maximum Gasteiger partial charge on any atom is 0.331 e. The second kappa shape index (κ2) is 13.4. The van der Waals surface area contributed by atoms with Crippen molar-refractivity contribution in [3.63, 3.8) is 0 Å². The van der Waals surface area contributed by atoms with E-state index in [-0.39, 0.29) is 31.4 Å². The number of nitrogens with one attached hydrogen (secondary N) is 1. The van der Waals surface area contributed by atoms with Crippen LogP contribution in [-0.4, -0.2) is 60.6 Å². The molecule has 1 aliphatic heterocycles. The van der Waals surface area contributed by atoms with E-state index in [4.69, 9.17) is 15.2 Å². The first kappa shape index (κ1) is 30.5. The standard InChI is InChI=1S/C33H43N3O5/c1-4-6-7-8-12-15-27(34)30(38)36-23-33(40-3,26-18-16-25(17-19-26)24-13-10-9-11-14-24)22-28(36)29(37)35-32(20-21-32)31(39)41-5-2/h4,9-11,13-14,16-19,27-28H,1,5-8,12,15,20-23,34H2,2-3H3,(H,35,37)/t27-,28-,33-/m0/s1. The third-order valence-electron chi connectivity index (χ3n) is 8.34. The van der Waals surface area contributed by atoms with Crippen LogP contribution in [0, 0.1) is 0 Å². The molecule has 8 heteroatoms. The number of methoxy groups -OCH3 is 1. The van der Waals surface area contributed by atoms with Crippen LogP contribution in [0.5, 0.6) is 0 Å². The number of rotatable bonds is 14. The molecule has 1 heterocycles. The zero-order valence-electron chi connectivity index (χ0n) is 24.3. The lowest BCUT2D eigenvalue weighted by Gasteiger charge is -2.29. The van der Waals surface area contributed by atoms with Gasteiger partial charge < -0.3 is 25.4 Å². The number of unbranched alkanes of at least 4 members (excludes halogenated alkanes) is 3. The predicted molar refractivity (Wildman–Crippen MR) is 159 cm³/mol. The summed E-state index contributed by atoms with van der Waals surface area (Å²) in [6.07, 6.45) is 7.38. The van der Waals surface area contributed by atoms with Crippen LogP contribution < -0.4 is 11.1 Å². The van der Waals surface area contributed by atoms with Gasteiger partial charge in [0.25, 0.3) is 0 Å². The number of carbonyl (C=O) groups excluding carboxylic acids is 3. The summed E-state index contributed by atoms with van der Waals surface area (Å²) in [5, 5.41) is 2.91. The summed E-state index contributed by atoms with van der Waals surface area (Å²) >= 11 is 0. The van der Waals surface area contributed by atoms with Crippen LogP contribution in [0.3, 0.4) is 0 Å². The lowest BCUT2D eigenvalue weighted by Crippen LogP contribution is -2.55. The first-order valence-corrected chi connectivity index (χ1v) is 14.7. The van der Waals surface area contributed by atoms with E-state index in [1.807, 2.05) is 60.7 Å². The number of likely N-dealkylation sites (tertiary alicyclic amines) is 1. The van der Waals surface area contributed by atoms with Gasteiger partial charge in [0.15, 0.2) is 0 Å². The predicted octanol–water partition coefficient (Wildman–Crippen LogP) is 4.47. The Morgan fingerprint density at radius 3 is 2.37 bits per heavy atom. The number of benzene rings is 2. The van der Waals surface area contributed by atoms with Gasteiger partial charge in [-0.3, -0.25) is 9.59 Å². The second-order valence-corrected chi connectivity index (χ2v) is 11.2. The van der Waals surface area contributed by atoms with Gasteiger partial charge in [0.05, 0.1) is 19.2 Å². The highest BCUT2D eigenvalue weighted by molar-refractivity contribution is 5.95. The summed E-state index contributed by atoms with van der Waals surface area (Å²) in [4.78, 5) is 41.6. The molecule has 220 valence electrons. The molecule has 0 aromatic heterocycles. The van der Waals surface area contributed by atoms with E-state index in [0.29, 0.717) is 19.3 Å². The zero-order chi connectivity index (χ0) is 29.5. The quantitative estimate of drug-likeness (QED) is 0.200. The smallest absolute Gasteiger partial charge is 0.331 e. The molecule has 4 rings (SSSR count). The molecule has 0 spiro atoms. The van der Waals surface area contributed by atoms with E-state index in [1.54, 1.807) is 18.9 Å². The molecule has 0 unspecified atom stereocenters. The highest BCUT2D eigenvalue weighted by Gasteiger charge is 2.56. The molecule has 2 aromatic rings. The number of hydrogen-bond donors (Lipinski definition) is 2. The molecule has 1 saturated heterocycles. The minimum atomic E-state index is -1.02. The molecule has 0 bridgehead atoms. The highest BCUT2D eigenvalue weighted by Crippen LogP contribution is 2.42. The van der Waals surface area contributed by atoms with Crippen LogP contribution in [-0.2, 0) is 29.5 Å². The lowest BCUT2D eigenvalue weighted by molar-refractivity contribution is -0.149. The zero-order valence-corrected chi connectivity index (χ0v) is 24.3. The summed E-state index contributed by atoms with van der Waals surface area (Å²) in [5.41, 5.74) is 7.50. The molecule has 41 heavy (non-hydrogen) atoms. The minimum Gasteiger partial charge on any atom is -0.464 e. The van der Waals surface area contributed by atoms with Crippen molar-refractivity contribution < 1.29 is 23.9 Å². The third-order valence-corrected chi connectivity index (χ3v) is 8.34. The van der Waals surface area contributed by atoms with E-state index >= 15 is 0 Å². The van der Waals surface area contributed by atoms with E-state index in [1.165, 1.54) is 0 Å². The molecule has 2 aromatic carbocycles. The van der Waals surface area contributed by atoms with E-state index in [0.717, 1.165) is 42.4 Å². The number of nitrogens with zero attached hydrogens (tertiary/aromatic N) is 1. The molecule has 1 saturated carbocycles. The van der Waals surface area contributed by atoms with Crippen molar-refractivity contribution in [2.24, 2.45) is 5.73 Å². The first-order valence-electron chi connectivity index (χ1n) is 14.7. The van der Waals surface area contributed by atoms with Gasteiger partial charge >= 0.3 is 5.97 Å². The van der Waals surface area contributed by atoms with Crippen molar-refractivity contribution in [3.8, 4) is 11.1 Å². The normalized spacial score (nSPS) is 21.6. The maximum absolute atomic E-state index is 13.7. The Balaban J connectivity index is 1.57. The number of carbonyl (C=O) groups is 3. The summed E-state index contributed by atoms with van der Waals surface area (Å²) in [6.45, 7) is 5.91. The summed E-state index contributed by atoms with van der Waals surface area (Å²) < 4.78 is 11.3. The molecule has 2 aliphatic rings.